The van der Waals surface area contributed by atoms with Crippen molar-refractivity contribution in [3.63, 3.8) is 0 Å². The van der Waals surface area contributed by atoms with Crippen molar-refractivity contribution in [1.29, 1.82) is 0 Å². The van der Waals surface area contributed by atoms with Crippen LogP contribution in [0, 0.1) is 0 Å². The van der Waals surface area contributed by atoms with Crippen molar-refractivity contribution in [1.82, 2.24) is 24.7 Å². The molecule has 5 rings (SSSR count). The third-order valence-electron chi connectivity index (χ3n) is 5.03. The van der Waals surface area contributed by atoms with E-state index in [1.165, 1.54) is 0 Å². The van der Waals surface area contributed by atoms with Crippen molar-refractivity contribution in [3.8, 4) is 0 Å². The van der Waals surface area contributed by atoms with E-state index in [0.29, 0.717) is 13.1 Å². The Balaban J connectivity index is 1.43. The molecule has 1 aliphatic heterocycles. The van der Waals surface area contributed by atoms with Crippen molar-refractivity contribution >= 4 is 28.1 Å². The number of hydrogen-bond donors (Lipinski definition) is 0. The average Bonchev–Trinajstić information content (AvgIpc) is 3.22. The summed E-state index contributed by atoms with van der Waals surface area (Å²) in [5.41, 5.74) is 1.49. The van der Waals surface area contributed by atoms with E-state index >= 15 is 0 Å². The predicted molar refractivity (Wildman–Crippen MR) is 103 cm³/mol. The number of piperazine rings is 1. The Morgan fingerprint density at radius 1 is 0.852 bits per heavy atom. The zero-order chi connectivity index (χ0) is 18.2. The summed E-state index contributed by atoms with van der Waals surface area (Å²) in [5, 5.41) is 15.0. The van der Waals surface area contributed by atoms with Gasteiger partial charge in [0.1, 0.15) is 6.33 Å². The highest BCUT2D eigenvalue weighted by atomic mass is 16.2. The van der Waals surface area contributed by atoms with Crippen LogP contribution in [0.25, 0.3) is 16.4 Å². The van der Waals surface area contributed by atoms with E-state index in [4.69, 9.17) is 5.10 Å². The summed E-state index contributed by atoms with van der Waals surface area (Å²) in [4.78, 5) is 16.8. The third kappa shape index (κ3) is 2.68. The largest absolute Gasteiger partial charge is 0.351 e. The molecule has 0 radical (unpaired) electrons. The van der Waals surface area contributed by atoms with Crippen LogP contribution in [0.1, 0.15) is 10.4 Å². The fourth-order valence-electron chi connectivity index (χ4n) is 3.63. The number of nitrogens with zero attached hydrogens (tertiary/aromatic N) is 6. The zero-order valence-electron chi connectivity index (χ0n) is 14.7. The molecule has 7 nitrogen and oxygen atoms in total. The number of fused-ring (bicyclic) bond motifs is 3. The fourth-order valence-corrected chi connectivity index (χ4v) is 3.63. The molecule has 3 heterocycles. The van der Waals surface area contributed by atoms with Crippen molar-refractivity contribution in [2.24, 2.45) is 0 Å². The molecular formula is C20H18N6O. The fraction of sp³-hybridized carbons (Fsp3) is 0.200. The number of amides is 1. The number of anilines is 1. The minimum absolute atomic E-state index is 0.0855. The molecule has 134 valence electrons. The van der Waals surface area contributed by atoms with Gasteiger partial charge in [0, 0.05) is 42.5 Å². The molecule has 0 unspecified atom stereocenters. The quantitative estimate of drug-likeness (QED) is 0.550. The van der Waals surface area contributed by atoms with Crippen LogP contribution in [0.4, 0.5) is 5.82 Å². The SMILES string of the molecule is O=C(c1ccccc1)N1CCN(c2nn3cnnc3c3ccccc23)CC1. The maximum absolute atomic E-state index is 12.7. The smallest absolute Gasteiger partial charge is 0.253 e. The molecule has 1 fully saturated rings. The molecule has 4 aromatic rings. The lowest BCUT2D eigenvalue weighted by Gasteiger charge is -2.35. The van der Waals surface area contributed by atoms with Crippen LogP contribution in [-0.2, 0) is 0 Å². The molecule has 1 amide bonds. The highest BCUT2D eigenvalue weighted by Gasteiger charge is 2.24. The lowest BCUT2D eigenvalue weighted by Crippen LogP contribution is -2.49. The summed E-state index contributed by atoms with van der Waals surface area (Å²) in [5.74, 6) is 0.993. The molecular weight excluding hydrogens is 340 g/mol. The Bertz CT molecular complexity index is 1120. The van der Waals surface area contributed by atoms with E-state index in [2.05, 4.69) is 21.2 Å². The van der Waals surface area contributed by atoms with E-state index in [-0.39, 0.29) is 5.91 Å². The number of rotatable bonds is 2. The van der Waals surface area contributed by atoms with Crippen LogP contribution in [0.2, 0.25) is 0 Å². The lowest BCUT2D eigenvalue weighted by molar-refractivity contribution is 0.0746. The average molecular weight is 358 g/mol. The summed E-state index contributed by atoms with van der Waals surface area (Å²) >= 11 is 0. The second-order valence-electron chi connectivity index (χ2n) is 6.61. The topological polar surface area (TPSA) is 66.6 Å². The Labute approximate surface area is 155 Å². The lowest BCUT2D eigenvalue weighted by atomic mass is 10.1. The van der Waals surface area contributed by atoms with Crippen LogP contribution >= 0.6 is 0 Å². The molecule has 0 atom stereocenters. The van der Waals surface area contributed by atoms with E-state index < -0.39 is 0 Å². The Kier molecular flexibility index (Phi) is 3.71. The molecule has 0 spiro atoms. The summed E-state index contributed by atoms with van der Waals surface area (Å²) in [6.07, 6.45) is 1.63. The summed E-state index contributed by atoms with van der Waals surface area (Å²) < 4.78 is 1.72. The molecule has 0 aliphatic carbocycles. The van der Waals surface area contributed by atoms with Crippen molar-refractivity contribution < 1.29 is 4.79 Å². The highest BCUT2D eigenvalue weighted by Crippen LogP contribution is 2.27. The van der Waals surface area contributed by atoms with Gasteiger partial charge in [-0.15, -0.1) is 15.3 Å². The van der Waals surface area contributed by atoms with Gasteiger partial charge in [0.2, 0.25) is 0 Å². The molecule has 2 aromatic carbocycles. The number of carbonyl (C=O) groups is 1. The van der Waals surface area contributed by atoms with E-state index in [0.717, 1.165) is 40.9 Å². The number of carbonyl (C=O) groups excluding carboxylic acids is 1. The van der Waals surface area contributed by atoms with E-state index in [9.17, 15) is 4.79 Å². The molecule has 2 aromatic heterocycles. The second-order valence-corrected chi connectivity index (χ2v) is 6.61. The van der Waals surface area contributed by atoms with Gasteiger partial charge in [0.25, 0.3) is 5.91 Å². The number of hydrogen-bond acceptors (Lipinski definition) is 5. The summed E-state index contributed by atoms with van der Waals surface area (Å²) in [7, 11) is 0. The Morgan fingerprint density at radius 3 is 2.33 bits per heavy atom. The first-order chi connectivity index (χ1) is 13.3. The maximum atomic E-state index is 12.7. The monoisotopic (exact) mass is 358 g/mol. The van der Waals surface area contributed by atoms with Crippen LogP contribution in [0.15, 0.2) is 60.9 Å². The predicted octanol–water partition coefficient (Wildman–Crippen LogP) is 2.24. The molecule has 7 heteroatoms. The van der Waals surface area contributed by atoms with Gasteiger partial charge < -0.3 is 9.80 Å². The minimum atomic E-state index is 0.0855. The standard InChI is InChI=1S/C20H18N6O/c27-20(15-6-2-1-3-7-15)25-12-10-24(11-13-25)19-17-9-5-4-8-16(17)18-22-21-14-26(18)23-19/h1-9,14H,10-13H2. The molecule has 27 heavy (non-hydrogen) atoms. The molecule has 1 saturated heterocycles. The highest BCUT2D eigenvalue weighted by molar-refractivity contribution is 6.00. The number of benzene rings is 2. The first-order valence-electron chi connectivity index (χ1n) is 8.99. The molecule has 0 N–H and O–H groups in total. The molecule has 0 saturated carbocycles. The van der Waals surface area contributed by atoms with Gasteiger partial charge in [-0.05, 0) is 12.1 Å². The van der Waals surface area contributed by atoms with E-state index in [1.54, 1.807) is 10.8 Å². The van der Waals surface area contributed by atoms with Gasteiger partial charge in [0.05, 0.1) is 0 Å². The van der Waals surface area contributed by atoms with Crippen molar-refractivity contribution in [2.45, 2.75) is 0 Å². The van der Waals surface area contributed by atoms with E-state index in [1.807, 2.05) is 53.4 Å². The van der Waals surface area contributed by atoms with Crippen LogP contribution in [0.5, 0.6) is 0 Å². The van der Waals surface area contributed by atoms with Gasteiger partial charge in [-0.1, -0.05) is 42.5 Å². The van der Waals surface area contributed by atoms with Crippen LogP contribution < -0.4 is 4.90 Å². The zero-order valence-corrected chi connectivity index (χ0v) is 14.7. The summed E-state index contributed by atoms with van der Waals surface area (Å²) in [6.45, 7) is 2.82. The van der Waals surface area contributed by atoms with Crippen LogP contribution in [0.3, 0.4) is 0 Å². The maximum Gasteiger partial charge on any atom is 0.253 e. The number of aromatic nitrogens is 4. The van der Waals surface area contributed by atoms with Gasteiger partial charge in [-0.3, -0.25) is 4.79 Å². The Hall–Kier alpha value is -3.48. The van der Waals surface area contributed by atoms with Crippen molar-refractivity contribution in [3.05, 3.63) is 66.5 Å². The normalized spacial score (nSPS) is 14.8. The molecule has 0 bridgehead atoms. The molecule has 1 aliphatic rings. The van der Waals surface area contributed by atoms with Crippen molar-refractivity contribution in [2.75, 3.05) is 31.1 Å². The Morgan fingerprint density at radius 2 is 1.56 bits per heavy atom. The van der Waals surface area contributed by atoms with Gasteiger partial charge in [0.15, 0.2) is 11.5 Å². The van der Waals surface area contributed by atoms with Gasteiger partial charge in [-0.25, -0.2) is 0 Å². The first-order valence-corrected chi connectivity index (χ1v) is 8.99. The minimum Gasteiger partial charge on any atom is -0.351 e. The van der Waals surface area contributed by atoms with Gasteiger partial charge >= 0.3 is 0 Å². The third-order valence-corrected chi connectivity index (χ3v) is 5.03. The first kappa shape index (κ1) is 15.7. The second kappa shape index (κ2) is 6.35. The van der Waals surface area contributed by atoms with Crippen LogP contribution in [-0.4, -0.2) is 56.8 Å². The van der Waals surface area contributed by atoms with Gasteiger partial charge in [-0.2, -0.15) is 4.52 Å². The summed E-state index contributed by atoms with van der Waals surface area (Å²) in [6, 6.07) is 17.6.